The Morgan fingerprint density at radius 2 is 2.07 bits per heavy atom. The number of hydrogen-bond donors (Lipinski definition) is 2. The van der Waals surface area contributed by atoms with Gasteiger partial charge in [-0.1, -0.05) is 11.8 Å². The van der Waals surface area contributed by atoms with Gasteiger partial charge in [0.25, 0.3) is 0 Å². The highest BCUT2D eigenvalue weighted by Crippen LogP contribution is 2.08. The molecule has 3 N–H and O–H groups in total. The van der Waals surface area contributed by atoms with E-state index in [2.05, 4.69) is 17.2 Å². The van der Waals surface area contributed by atoms with Crippen LogP contribution in [0, 0.1) is 11.8 Å². The van der Waals surface area contributed by atoms with Crippen LogP contribution in [0.1, 0.15) is 12.5 Å². The zero-order valence-corrected chi connectivity index (χ0v) is 8.00. The Hall–Kier alpha value is -1.79. The Labute approximate surface area is 83.3 Å². The lowest BCUT2D eigenvalue weighted by atomic mass is 10.2. The Balaban J connectivity index is 2.73. The van der Waals surface area contributed by atoms with Gasteiger partial charge in [0.1, 0.15) is 0 Å². The summed E-state index contributed by atoms with van der Waals surface area (Å²) in [5, 5.41) is 2.68. The van der Waals surface area contributed by atoms with E-state index >= 15 is 0 Å². The maximum Gasteiger partial charge on any atom is 0.221 e. The molecule has 0 aromatic heterocycles. The molecule has 0 spiro atoms. The van der Waals surface area contributed by atoms with Crippen LogP contribution in [0.2, 0.25) is 0 Å². The lowest BCUT2D eigenvalue weighted by molar-refractivity contribution is -0.114. The van der Waals surface area contributed by atoms with Crippen LogP contribution in [-0.4, -0.2) is 12.5 Å². The average molecular weight is 188 g/mol. The molecule has 0 radical (unpaired) electrons. The fraction of sp³-hybridized carbons (Fsp3) is 0.182. The van der Waals surface area contributed by atoms with Gasteiger partial charge in [0.15, 0.2) is 0 Å². The first-order chi connectivity index (χ1) is 6.72. The number of amides is 1. The van der Waals surface area contributed by atoms with E-state index in [1.807, 2.05) is 24.3 Å². The van der Waals surface area contributed by atoms with Crippen molar-refractivity contribution in [3.05, 3.63) is 29.8 Å². The van der Waals surface area contributed by atoms with E-state index < -0.39 is 0 Å². The predicted octanol–water partition coefficient (Wildman–Crippen LogP) is 0.955. The minimum absolute atomic E-state index is 0.0780. The van der Waals surface area contributed by atoms with Gasteiger partial charge in [-0.15, -0.1) is 0 Å². The molecule has 14 heavy (non-hydrogen) atoms. The third kappa shape index (κ3) is 3.30. The number of anilines is 1. The van der Waals surface area contributed by atoms with Crippen LogP contribution in [0.4, 0.5) is 5.69 Å². The topological polar surface area (TPSA) is 55.1 Å². The summed E-state index contributed by atoms with van der Waals surface area (Å²) in [7, 11) is 0. The molecule has 0 bridgehead atoms. The second-order valence-corrected chi connectivity index (χ2v) is 2.76. The lowest BCUT2D eigenvalue weighted by Crippen LogP contribution is -2.05. The molecule has 0 unspecified atom stereocenters. The Morgan fingerprint density at radius 3 is 2.57 bits per heavy atom. The van der Waals surface area contributed by atoms with Crippen molar-refractivity contribution in [2.75, 3.05) is 11.9 Å². The molecule has 1 rings (SSSR count). The van der Waals surface area contributed by atoms with Crippen LogP contribution in [-0.2, 0) is 4.79 Å². The summed E-state index contributed by atoms with van der Waals surface area (Å²) >= 11 is 0. The summed E-state index contributed by atoms with van der Waals surface area (Å²) < 4.78 is 0. The first-order valence-corrected chi connectivity index (χ1v) is 4.29. The molecule has 3 nitrogen and oxygen atoms in total. The van der Waals surface area contributed by atoms with Crippen molar-refractivity contribution >= 4 is 11.6 Å². The summed E-state index contributed by atoms with van der Waals surface area (Å²) in [4.78, 5) is 10.7. The summed E-state index contributed by atoms with van der Waals surface area (Å²) in [5.41, 5.74) is 6.91. The van der Waals surface area contributed by atoms with E-state index in [0.29, 0.717) is 6.54 Å². The third-order valence-corrected chi connectivity index (χ3v) is 1.54. The Bertz CT molecular complexity index is 371. The first kappa shape index (κ1) is 10.3. The molecule has 1 aromatic carbocycles. The van der Waals surface area contributed by atoms with Gasteiger partial charge in [0.05, 0.1) is 6.54 Å². The van der Waals surface area contributed by atoms with E-state index in [1.54, 1.807) is 0 Å². The maximum absolute atomic E-state index is 10.7. The van der Waals surface area contributed by atoms with Crippen molar-refractivity contribution in [2.24, 2.45) is 5.73 Å². The number of nitrogens with one attached hydrogen (secondary N) is 1. The first-order valence-electron chi connectivity index (χ1n) is 4.29. The maximum atomic E-state index is 10.7. The number of benzene rings is 1. The largest absolute Gasteiger partial charge is 0.326 e. The van der Waals surface area contributed by atoms with Crippen LogP contribution in [0.25, 0.3) is 0 Å². The van der Waals surface area contributed by atoms with Gasteiger partial charge in [-0.25, -0.2) is 0 Å². The molecular weight excluding hydrogens is 176 g/mol. The molecule has 0 atom stereocenters. The summed E-state index contributed by atoms with van der Waals surface area (Å²) in [6.45, 7) is 1.83. The molecule has 0 aliphatic carbocycles. The van der Waals surface area contributed by atoms with Crippen molar-refractivity contribution in [1.29, 1.82) is 0 Å². The number of nitrogens with two attached hydrogens (primary N) is 1. The average Bonchev–Trinajstić information content (AvgIpc) is 2.16. The molecule has 3 heteroatoms. The molecule has 0 saturated heterocycles. The second-order valence-electron chi connectivity index (χ2n) is 2.76. The minimum atomic E-state index is -0.0780. The minimum Gasteiger partial charge on any atom is -0.326 e. The fourth-order valence-electron chi connectivity index (χ4n) is 0.993. The molecule has 0 aliphatic heterocycles. The predicted molar refractivity (Wildman–Crippen MR) is 56.7 cm³/mol. The lowest BCUT2D eigenvalue weighted by Gasteiger charge is -2.00. The zero-order valence-electron chi connectivity index (χ0n) is 8.00. The molecule has 0 aliphatic rings. The van der Waals surface area contributed by atoms with Gasteiger partial charge in [0, 0.05) is 18.2 Å². The van der Waals surface area contributed by atoms with Crippen molar-refractivity contribution < 1.29 is 4.79 Å². The second kappa shape index (κ2) is 5.05. The molecule has 0 saturated carbocycles. The number of carbonyl (C=O) groups is 1. The van der Waals surface area contributed by atoms with Crippen LogP contribution in [0.5, 0.6) is 0 Å². The fourth-order valence-corrected chi connectivity index (χ4v) is 0.993. The normalized spacial score (nSPS) is 8.71. The third-order valence-electron chi connectivity index (χ3n) is 1.54. The Kier molecular flexibility index (Phi) is 3.71. The van der Waals surface area contributed by atoms with Gasteiger partial charge in [0.2, 0.25) is 5.91 Å². The summed E-state index contributed by atoms with van der Waals surface area (Å²) in [6, 6.07) is 7.30. The van der Waals surface area contributed by atoms with Crippen LogP contribution >= 0.6 is 0 Å². The standard InChI is InChI=1S/C11H12N2O/c1-9(14)13-11-6-4-10(5-7-11)3-2-8-12/h4-7H,8,12H2,1H3,(H,13,14). The van der Waals surface area contributed by atoms with Crippen LogP contribution in [0.3, 0.4) is 0 Å². The van der Waals surface area contributed by atoms with E-state index in [1.165, 1.54) is 6.92 Å². The summed E-state index contributed by atoms with van der Waals surface area (Å²) in [5.74, 6) is 5.57. The van der Waals surface area contributed by atoms with Gasteiger partial charge in [-0.3, -0.25) is 4.79 Å². The molecule has 0 heterocycles. The van der Waals surface area contributed by atoms with E-state index in [4.69, 9.17) is 5.73 Å². The van der Waals surface area contributed by atoms with E-state index in [-0.39, 0.29) is 5.91 Å². The SMILES string of the molecule is CC(=O)Nc1ccc(C#CCN)cc1. The van der Waals surface area contributed by atoms with Crippen LogP contribution < -0.4 is 11.1 Å². The van der Waals surface area contributed by atoms with Crippen molar-refractivity contribution in [2.45, 2.75) is 6.92 Å². The number of rotatable bonds is 1. The molecule has 0 fully saturated rings. The highest BCUT2D eigenvalue weighted by molar-refractivity contribution is 5.88. The smallest absolute Gasteiger partial charge is 0.221 e. The Morgan fingerprint density at radius 1 is 1.43 bits per heavy atom. The van der Waals surface area contributed by atoms with Crippen molar-refractivity contribution in [3.8, 4) is 11.8 Å². The van der Waals surface area contributed by atoms with Gasteiger partial charge in [-0.2, -0.15) is 0 Å². The highest BCUT2D eigenvalue weighted by atomic mass is 16.1. The van der Waals surface area contributed by atoms with Crippen molar-refractivity contribution in [1.82, 2.24) is 0 Å². The highest BCUT2D eigenvalue weighted by Gasteiger charge is 1.93. The van der Waals surface area contributed by atoms with E-state index in [9.17, 15) is 4.79 Å². The molecule has 1 aromatic rings. The molecule has 72 valence electrons. The molecular formula is C11H12N2O. The van der Waals surface area contributed by atoms with Gasteiger partial charge in [-0.05, 0) is 24.3 Å². The molecule has 1 amide bonds. The van der Waals surface area contributed by atoms with Crippen molar-refractivity contribution in [3.63, 3.8) is 0 Å². The summed E-state index contributed by atoms with van der Waals surface area (Å²) in [6.07, 6.45) is 0. The number of carbonyl (C=O) groups excluding carboxylic acids is 1. The monoisotopic (exact) mass is 188 g/mol. The van der Waals surface area contributed by atoms with Crippen LogP contribution in [0.15, 0.2) is 24.3 Å². The quantitative estimate of drug-likeness (QED) is 0.645. The van der Waals surface area contributed by atoms with E-state index in [0.717, 1.165) is 11.3 Å². The zero-order chi connectivity index (χ0) is 10.4. The van der Waals surface area contributed by atoms with Gasteiger partial charge >= 0.3 is 0 Å². The van der Waals surface area contributed by atoms with Gasteiger partial charge < -0.3 is 11.1 Å². The number of hydrogen-bond acceptors (Lipinski definition) is 2.